The minimum absolute atomic E-state index is 0.222. The molecule has 0 unspecified atom stereocenters. The molecule has 0 aliphatic carbocycles. The molecule has 0 radical (unpaired) electrons. The van der Waals surface area contributed by atoms with Gasteiger partial charge in [-0.05, 0) is 34.2 Å². The van der Waals surface area contributed by atoms with Gasteiger partial charge in [0, 0.05) is 6.20 Å². The number of nitrogens with zero attached hydrogens (tertiary/aromatic N) is 1. The zero-order valence-corrected chi connectivity index (χ0v) is 8.36. The van der Waals surface area contributed by atoms with Crippen LogP contribution in [-0.4, -0.2) is 4.98 Å². The Balaban J connectivity index is 3.32. The summed E-state index contributed by atoms with van der Waals surface area (Å²) in [5.41, 5.74) is -1.34. The summed E-state index contributed by atoms with van der Waals surface area (Å²) in [6.45, 7) is -1.13. The number of hydrogen-bond acceptors (Lipinski definition) is 1. The minimum atomic E-state index is -4.54. The van der Waals surface area contributed by atoms with Crippen LogP contribution in [0.15, 0.2) is 12.3 Å². The highest BCUT2D eigenvalue weighted by Crippen LogP contribution is 2.34. The molecule has 13 heavy (non-hydrogen) atoms. The summed E-state index contributed by atoms with van der Waals surface area (Å²) in [4.78, 5) is 3.45. The minimum Gasteiger partial charge on any atom is -0.250 e. The van der Waals surface area contributed by atoms with E-state index in [4.69, 9.17) is 0 Å². The van der Waals surface area contributed by atoms with Gasteiger partial charge in [0.15, 0.2) is 0 Å². The molecular weight excluding hydrogens is 301 g/mol. The van der Waals surface area contributed by atoms with E-state index >= 15 is 0 Å². The highest BCUT2D eigenvalue weighted by atomic mass is 127. The zero-order valence-electron chi connectivity index (χ0n) is 6.20. The first-order chi connectivity index (χ1) is 5.96. The summed E-state index contributed by atoms with van der Waals surface area (Å²) in [5.74, 6) is 0. The van der Waals surface area contributed by atoms with E-state index in [0.717, 1.165) is 12.3 Å². The lowest BCUT2D eigenvalue weighted by Gasteiger charge is -2.11. The average molecular weight is 305 g/mol. The van der Waals surface area contributed by atoms with Crippen molar-refractivity contribution in [3.63, 3.8) is 0 Å². The third kappa shape index (κ3) is 2.29. The molecule has 1 rings (SSSR count). The molecule has 1 aromatic heterocycles. The van der Waals surface area contributed by atoms with Crippen LogP contribution in [0.4, 0.5) is 17.6 Å². The lowest BCUT2D eigenvalue weighted by Crippen LogP contribution is -2.12. The van der Waals surface area contributed by atoms with E-state index in [1.54, 1.807) is 0 Å². The molecule has 0 spiro atoms. The van der Waals surface area contributed by atoms with Gasteiger partial charge in [0.25, 0.3) is 0 Å². The van der Waals surface area contributed by atoms with E-state index in [2.05, 4.69) is 4.98 Å². The Morgan fingerprint density at radius 2 is 2.00 bits per heavy atom. The van der Waals surface area contributed by atoms with Crippen LogP contribution < -0.4 is 0 Å². The van der Waals surface area contributed by atoms with Crippen molar-refractivity contribution >= 4 is 22.6 Å². The van der Waals surface area contributed by atoms with Crippen molar-refractivity contribution in [3.05, 3.63) is 27.1 Å². The maximum Gasteiger partial charge on any atom is 0.419 e. The van der Waals surface area contributed by atoms with Crippen LogP contribution in [-0.2, 0) is 12.9 Å². The largest absolute Gasteiger partial charge is 0.419 e. The maximum atomic E-state index is 12.3. The zero-order chi connectivity index (χ0) is 10.1. The quantitative estimate of drug-likeness (QED) is 0.441. The lowest BCUT2D eigenvalue weighted by molar-refractivity contribution is -0.139. The van der Waals surface area contributed by atoms with E-state index in [1.807, 2.05) is 0 Å². The third-order valence-electron chi connectivity index (χ3n) is 1.42. The number of alkyl halides is 4. The topological polar surface area (TPSA) is 12.9 Å². The number of rotatable bonds is 1. The Labute approximate surface area is 85.3 Å². The van der Waals surface area contributed by atoms with E-state index in [9.17, 15) is 17.6 Å². The highest BCUT2D eigenvalue weighted by Gasteiger charge is 2.36. The van der Waals surface area contributed by atoms with Gasteiger partial charge >= 0.3 is 6.18 Å². The molecule has 1 aromatic rings. The van der Waals surface area contributed by atoms with Crippen LogP contribution in [0.5, 0.6) is 0 Å². The monoisotopic (exact) mass is 305 g/mol. The fourth-order valence-corrected chi connectivity index (χ4v) is 1.70. The first-order valence-electron chi connectivity index (χ1n) is 3.23. The molecule has 6 heteroatoms. The van der Waals surface area contributed by atoms with Crippen LogP contribution in [0.1, 0.15) is 11.1 Å². The summed E-state index contributed by atoms with van der Waals surface area (Å²) in [6.07, 6.45) is -3.38. The highest BCUT2D eigenvalue weighted by molar-refractivity contribution is 14.1. The predicted molar refractivity (Wildman–Crippen MR) is 46.8 cm³/mol. The van der Waals surface area contributed by atoms with E-state index in [1.165, 1.54) is 22.6 Å². The third-order valence-corrected chi connectivity index (χ3v) is 2.24. The van der Waals surface area contributed by atoms with Crippen molar-refractivity contribution in [2.75, 3.05) is 0 Å². The van der Waals surface area contributed by atoms with Gasteiger partial charge in [0.2, 0.25) is 0 Å². The standard InChI is InChI=1S/C7H4F4IN/c8-3-4-1-2-13-6(12)5(4)7(9,10)11/h1-2H,3H2. The summed E-state index contributed by atoms with van der Waals surface area (Å²) in [5, 5.41) is 0. The number of halogens is 5. The Morgan fingerprint density at radius 3 is 2.38 bits per heavy atom. The molecule has 0 aliphatic heterocycles. The fraction of sp³-hybridized carbons (Fsp3) is 0.286. The number of aromatic nitrogens is 1. The second kappa shape index (κ2) is 3.77. The van der Waals surface area contributed by atoms with Gasteiger partial charge in [-0.3, -0.25) is 0 Å². The molecular formula is C7H4F4IN. The van der Waals surface area contributed by atoms with Gasteiger partial charge in [0.1, 0.15) is 10.4 Å². The van der Waals surface area contributed by atoms with Gasteiger partial charge < -0.3 is 0 Å². The predicted octanol–water partition coefficient (Wildman–Crippen LogP) is 3.17. The van der Waals surface area contributed by atoms with Crippen molar-refractivity contribution in [1.82, 2.24) is 4.98 Å². The van der Waals surface area contributed by atoms with Gasteiger partial charge in [-0.15, -0.1) is 0 Å². The first-order valence-corrected chi connectivity index (χ1v) is 4.31. The number of pyridine rings is 1. The SMILES string of the molecule is FCc1ccnc(I)c1C(F)(F)F. The lowest BCUT2D eigenvalue weighted by atomic mass is 10.1. The summed E-state index contributed by atoms with van der Waals surface area (Å²) in [6, 6.07) is 1.03. The van der Waals surface area contributed by atoms with Gasteiger partial charge in [-0.1, -0.05) is 0 Å². The molecule has 1 nitrogen and oxygen atoms in total. The second-order valence-electron chi connectivity index (χ2n) is 2.27. The molecule has 1 heterocycles. The van der Waals surface area contributed by atoms with Crippen molar-refractivity contribution < 1.29 is 17.6 Å². The molecule has 0 bridgehead atoms. The van der Waals surface area contributed by atoms with Gasteiger partial charge in [-0.2, -0.15) is 13.2 Å². The van der Waals surface area contributed by atoms with E-state index in [0.29, 0.717) is 0 Å². The molecule has 72 valence electrons. The normalized spacial score (nSPS) is 11.8. The van der Waals surface area contributed by atoms with Crippen LogP contribution in [0.3, 0.4) is 0 Å². The average Bonchev–Trinajstić information content (AvgIpc) is 2.01. The Bertz CT molecular complexity index is 310. The van der Waals surface area contributed by atoms with Crippen molar-refractivity contribution in [3.8, 4) is 0 Å². The van der Waals surface area contributed by atoms with Gasteiger partial charge in [-0.25, -0.2) is 9.37 Å². The molecule has 0 amide bonds. The smallest absolute Gasteiger partial charge is 0.250 e. The molecule has 0 atom stereocenters. The van der Waals surface area contributed by atoms with Crippen molar-refractivity contribution in [1.29, 1.82) is 0 Å². The van der Waals surface area contributed by atoms with Gasteiger partial charge in [0.05, 0.1) is 5.56 Å². The summed E-state index contributed by atoms with van der Waals surface area (Å²) < 4.78 is 48.8. The van der Waals surface area contributed by atoms with E-state index in [-0.39, 0.29) is 9.26 Å². The molecule has 0 saturated heterocycles. The molecule has 0 aromatic carbocycles. The maximum absolute atomic E-state index is 12.3. The van der Waals surface area contributed by atoms with Crippen molar-refractivity contribution in [2.24, 2.45) is 0 Å². The molecule has 0 fully saturated rings. The molecule has 0 aliphatic rings. The van der Waals surface area contributed by atoms with Crippen LogP contribution in [0.2, 0.25) is 0 Å². The Kier molecular flexibility index (Phi) is 3.09. The Morgan fingerprint density at radius 1 is 1.38 bits per heavy atom. The van der Waals surface area contributed by atoms with Crippen LogP contribution in [0, 0.1) is 3.70 Å². The van der Waals surface area contributed by atoms with E-state index < -0.39 is 18.4 Å². The molecule has 0 N–H and O–H groups in total. The van der Waals surface area contributed by atoms with Crippen LogP contribution >= 0.6 is 22.6 Å². The fourth-order valence-electron chi connectivity index (χ4n) is 0.883. The summed E-state index contributed by atoms with van der Waals surface area (Å²) >= 11 is 1.44. The first kappa shape index (κ1) is 10.7. The number of hydrogen-bond donors (Lipinski definition) is 0. The Hall–Kier alpha value is -0.400. The van der Waals surface area contributed by atoms with Crippen LogP contribution in [0.25, 0.3) is 0 Å². The molecule has 0 saturated carbocycles. The second-order valence-corrected chi connectivity index (χ2v) is 3.29. The summed E-state index contributed by atoms with van der Waals surface area (Å²) in [7, 11) is 0. The van der Waals surface area contributed by atoms with Crippen molar-refractivity contribution in [2.45, 2.75) is 12.9 Å².